The first-order valence-corrected chi connectivity index (χ1v) is 10.7. The molecule has 1 amide bonds. The molecule has 0 spiro atoms. The first-order valence-electron chi connectivity index (χ1n) is 9.25. The van der Waals surface area contributed by atoms with Crippen molar-refractivity contribution in [2.24, 2.45) is 11.3 Å². The molecule has 1 saturated carbocycles. The first-order chi connectivity index (χ1) is 12.6. The van der Waals surface area contributed by atoms with E-state index >= 15 is 0 Å². The van der Waals surface area contributed by atoms with Gasteiger partial charge < -0.3 is 14.8 Å². The fourth-order valence-corrected chi connectivity index (χ4v) is 5.32. The van der Waals surface area contributed by atoms with Crippen LogP contribution in [0.25, 0.3) is 0 Å². The lowest BCUT2D eigenvalue weighted by Crippen LogP contribution is -2.47. The van der Waals surface area contributed by atoms with Gasteiger partial charge in [0.05, 0.1) is 0 Å². The molecular weight excluding hydrogens is 372 g/mol. The van der Waals surface area contributed by atoms with Gasteiger partial charge in [0.2, 0.25) is 16.8 Å². The van der Waals surface area contributed by atoms with Gasteiger partial charge in [-0.15, -0.1) is 0 Å². The summed E-state index contributed by atoms with van der Waals surface area (Å²) in [5, 5.41) is 11.6. The highest BCUT2D eigenvalue weighted by molar-refractivity contribution is 7.89. The molecule has 1 saturated heterocycles. The molecule has 1 aliphatic carbocycles. The predicted octanol–water partition coefficient (Wildman–Crippen LogP) is 2.07. The summed E-state index contributed by atoms with van der Waals surface area (Å²) >= 11 is 0. The summed E-state index contributed by atoms with van der Waals surface area (Å²) in [5.41, 5.74) is 0.0981. The molecule has 9 heteroatoms. The number of sulfonamides is 1. The Labute approximate surface area is 159 Å². The van der Waals surface area contributed by atoms with Crippen LogP contribution in [-0.2, 0) is 14.8 Å². The van der Waals surface area contributed by atoms with E-state index in [9.17, 15) is 18.0 Å². The average molecular weight is 398 g/mol. The number of carbonyl (C=O) groups is 2. The van der Waals surface area contributed by atoms with E-state index in [2.05, 4.69) is 19.2 Å². The fourth-order valence-electron chi connectivity index (χ4n) is 3.94. The number of hydrogen-bond acceptors (Lipinski definition) is 5. The number of carboxylic acid groups (broad SMARTS) is 1. The third-order valence-electron chi connectivity index (χ3n) is 5.78. The average Bonchev–Trinajstić information content (AvgIpc) is 3.23. The van der Waals surface area contributed by atoms with Gasteiger partial charge >= 0.3 is 5.97 Å². The maximum absolute atomic E-state index is 12.6. The number of hydrogen-bond donors (Lipinski definition) is 2. The maximum atomic E-state index is 12.6. The smallest absolute Gasteiger partial charge is 0.371 e. The minimum absolute atomic E-state index is 0.00168. The molecule has 1 aliphatic heterocycles. The second kappa shape index (κ2) is 7.27. The Bertz CT molecular complexity index is 821. The Morgan fingerprint density at radius 2 is 1.89 bits per heavy atom. The summed E-state index contributed by atoms with van der Waals surface area (Å²) in [6.07, 6.45) is 4.05. The van der Waals surface area contributed by atoms with Gasteiger partial charge in [0.15, 0.2) is 0 Å². The number of aromatic carboxylic acids is 1. The molecule has 2 fully saturated rings. The number of rotatable bonds is 5. The number of carbonyl (C=O) groups excluding carboxylic acids is 1. The van der Waals surface area contributed by atoms with E-state index in [4.69, 9.17) is 9.52 Å². The van der Waals surface area contributed by atoms with Gasteiger partial charge in [-0.25, -0.2) is 13.2 Å². The van der Waals surface area contributed by atoms with Crippen LogP contribution < -0.4 is 5.32 Å². The lowest BCUT2D eigenvalue weighted by molar-refractivity contribution is -0.127. The number of carboxylic acids is 1. The van der Waals surface area contributed by atoms with Crippen molar-refractivity contribution in [3.8, 4) is 0 Å². The lowest BCUT2D eigenvalue weighted by atomic mass is 9.86. The van der Waals surface area contributed by atoms with E-state index in [1.165, 1.54) is 4.31 Å². The van der Waals surface area contributed by atoms with Crippen LogP contribution >= 0.6 is 0 Å². The van der Waals surface area contributed by atoms with E-state index in [1.54, 1.807) is 0 Å². The Kier molecular flexibility index (Phi) is 5.36. The molecule has 1 aromatic rings. The predicted molar refractivity (Wildman–Crippen MR) is 96.7 cm³/mol. The van der Waals surface area contributed by atoms with Crippen molar-refractivity contribution in [2.75, 3.05) is 13.1 Å². The van der Waals surface area contributed by atoms with Gasteiger partial charge in [0, 0.05) is 25.0 Å². The van der Waals surface area contributed by atoms with Crippen LogP contribution in [0, 0.1) is 11.3 Å². The van der Waals surface area contributed by atoms with Crippen molar-refractivity contribution < 1.29 is 27.5 Å². The fraction of sp³-hybridized carbons (Fsp3) is 0.667. The molecule has 0 bridgehead atoms. The zero-order valence-electron chi connectivity index (χ0n) is 15.6. The third-order valence-corrected chi connectivity index (χ3v) is 7.56. The van der Waals surface area contributed by atoms with Gasteiger partial charge in [-0.2, -0.15) is 4.31 Å². The monoisotopic (exact) mass is 398 g/mol. The highest BCUT2D eigenvalue weighted by atomic mass is 32.2. The SMILES string of the molecule is CC1(C)CCCC1NC(=O)C1CCN(S(=O)(=O)c2ccc(C(=O)O)o2)CC1. The molecule has 1 aromatic heterocycles. The topological polar surface area (TPSA) is 117 Å². The van der Waals surface area contributed by atoms with Crippen LogP contribution in [0.4, 0.5) is 0 Å². The molecule has 0 aromatic carbocycles. The van der Waals surface area contributed by atoms with Gasteiger partial charge in [-0.1, -0.05) is 20.3 Å². The second-order valence-electron chi connectivity index (χ2n) is 8.04. The van der Waals surface area contributed by atoms with E-state index in [-0.39, 0.29) is 41.5 Å². The number of nitrogens with zero attached hydrogens (tertiary/aromatic N) is 1. The summed E-state index contributed by atoms with van der Waals surface area (Å²) in [4.78, 5) is 23.5. The number of furan rings is 1. The molecular formula is C18H26N2O6S. The summed E-state index contributed by atoms with van der Waals surface area (Å²) in [5.74, 6) is -1.94. The summed E-state index contributed by atoms with van der Waals surface area (Å²) in [6.45, 7) is 4.74. The molecule has 27 heavy (non-hydrogen) atoms. The summed E-state index contributed by atoms with van der Waals surface area (Å²) in [7, 11) is -3.89. The Morgan fingerprint density at radius 3 is 2.41 bits per heavy atom. The van der Waals surface area contributed by atoms with Crippen LogP contribution in [0.15, 0.2) is 21.6 Å². The Morgan fingerprint density at radius 1 is 1.22 bits per heavy atom. The largest absolute Gasteiger partial charge is 0.475 e. The zero-order chi connectivity index (χ0) is 19.8. The third kappa shape index (κ3) is 4.03. The van der Waals surface area contributed by atoms with Crippen molar-refractivity contribution in [3.05, 3.63) is 17.9 Å². The van der Waals surface area contributed by atoms with Gasteiger partial charge in [-0.3, -0.25) is 4.79 Å². The van der Waals surface area contributed by atoms with Crippen molar-refractivity contribution in [1.29, 1.82) is 0 Å². The van der Waals surface area contributed by atoms with Crippen LogP contribution in [0.2, 0.25) is 0 Å². The van der Waals surface area contributed by atoms with E-state index < -0.39 is 21.8 Å². The van der Waals surface area contributed by atoms with Gasteiger partial charge in [0.25, 0.3) is 10.0 Å². The van der Waals surface area contributed by atoms with Crippen molar-refractivity contribution in [1.82, 2.24) is 9.62 Å². The van der Waals surface area contributed by atoms with Crippen LogP contribution in [0.3, 0.4) is 0 Å². The van der Waals surface area contributed by atoms with Crippen LogP contribution in [0.1, 0.15) is 56.5 Å². The van der Waals surface area contributed by atoms with E-state index in [0.717, 1.165) is 31.4 Å². The van der Waals surface area contributed by atoms with Crippen molar-refractivity contribution in [3.63, 3.8) is 0 Å². The molecule has 150 valence electrons. The molecule has 0 radical (unpaired) electrons. The minimum atomic E-state index is -3.89. The number of amides is 1. The zero-order valence-corrected chi connectivity index (χ0v) is 16.4. The van der Waals surface area contributed by atoms with Crippen LogP contribution in [-0.4, -0.2) is 48.8 Å². The van der Waals surface area contributed by atoms with Crippen molar-refractivity contribution >= 4 is 21.9 Å². The molecule has 1 unspecified atom stereocenters. The minimum Gasteiger partial charge on any atom is -0.475 e. The quantitative estimate of drug-likeness (QED) is 0.784. The second-order valence-corrected chi connectivity index (χ2v) is 9.91. The molecule has 2 heterocycles. The summed E-state index contributed by atoms with van der Waals surface area (Å²) < 4.78 is 31.4. The number of piperidine rings is 1. The maximum Gasteiger partial charge on any atom is 0.371 e. The number of nitrogens with one attached hydrogen (secondary N) is 1. The molecule has 8 nitrogen and oxygen atoms in total. The molecule has 2 aliphatic rings. The lowest BCUT2D eigenvalue weighted by Gasteiger charge is -2.33. The molecule has 3 rings (SSSR count). The van der Waals surface area contributed by atoms with Crippen LogP contribution in [0.5, 0.6) is 0 Å². The normalized spacial score (nSPS) is 24.0. The highest BCUT2D eigenvalue weighted by Gasteiger charge is 2.38. The van der Waals surface area contributed by atoms with Gasteiger partial charge in [0.1, 0.15) is 0 Å². The Balaban J connectivity index is 1.59. The van der Waals surface area contributed by atoms with Gasteiger partial charge in [-0.05, 0) is 43.2 Å². The highest BCUT2D eigenvalue weighted by Crippen LogP contribution is 2.37. The Hall–Kier alpha value is -1.87. The molecule has 1 atom stereocenters. The molecule has 2 N–H and O–H groups in total. The standard InChI is InChI=1S/C18H26N2O6S/c1-18(2)9-3-4-14(18)19-16(21)12-7-10-20(11-8-12)27(24,25)15-6-5-13(26-15)17(22)23/h5-6,12,14H,3-4,7-11H2,1-2H3,(H,19,21)(H,22,23). The van der Waals surface area contributed by atoms with E-state index in [1.807, 2.05) is 0 Å². The van der Waals surface area contributed by atoms with Crippen molar-refractivity contribution in [2.45, 2.75) is 57.1 Å². The van der Waals surface area contributed by atoms with E-state index in [0.29, 0.717) is 12.8 Å². The summed E-state index contributed by atoms with van der Waals surface area (Å²) in [6, 6.07) is 2.45. The first kappa shape index (κ1) is 19.9.